The summed E-state index contributed by atoms with van der Waals surface area (Å²) >= 11 is 0. The number of β-amino-alcohol motifs (C(OH)–C–C–N with tert-alkyl or cyclic N) is 1. The van der Waals surface area contributed by atoms with Crippen LogP contribution in [-0.4, -0.2) is 82.9 Å². The van der Waals surface area contributed by atoms with Crippen LogP contribution in [0.15, 0.2) is 0 Å². The highest BCUT2D eigenvalue weighted by Gasteiger charge is 2.32. The highest BCUT2D eigenvalue weighted by atomic mass is 16.3. The predicted molar refractivity (Wildman–Crippen MR) is 91.6 cm³/mol. The van der Waals surface area contributed by atoms with Crippen molar-refractivity contribution in [3.63, 3.8) is 0 Å². The molecule has 1 atom stereocenters. The summed E-state index contributed by atoms with van der Waals surface area (Å²) in [4.78, 5) is 40.6. The normalized spacial score (nSPS) is 24.4. The van der Waals surface area contributed by atoms with Crippen LogP contribution in [0, 0.1) is 5.92 Å². The Hall–Kier alpha value is -1.47. The molecular formula is C18H29N3O4. The zero-order valence-electron chi connectivity index (χ0n) is 14.9. The molecule has 3 fully saturated rings. The summed E-state index contributed by atoms with van der Waals surface area (Å²) in [5.74, 6) is 0.0298. The molecule has 0 aromatic rings. The predicted octanol–water partition coefficient (Wildman–Crippen LogP) is 0.221. The second kappa shape index (κ2) is 8.27. The fourth-order valence-electron chi connectivity index (χ4n) is 4.22. The summed E-state index contributed by atoms with van der Waals surface area (Å²) in [5.41, 5.74) is 0. The lowest BCUT2D eigenvalue weighted by Crippen LogP contribution is -2.52. The summed E-state index contributed by atoms with van der Waals surface area (Å²) in [7, 11) is 0. The highest BCUT2D eigenvalue weighted by molar-refractivity contribution is 6.04. The van der Waals surface area contributed by atoms with Crippen LogP contribution < -0.4 is 0 Å². The molecule has 0 aromatic carbocycles. The van der Waals surface area contributed by atoms with Crippen molar-refractivity contribution in [3.8, 4) is 0 Å². The summed E-state index contributed by atoms with van der Waals surface area (Å²) in [5, 5.41) is 10.3. The average molecular weight is 351 g/mol. The first-order valence-electron chi connectivity index (χ1n) is 9.54. The van der Waals surface area contributed by atoms with E-state index in [2.05, 4.69) is 4.90 Å². The van der Waals surface area contributed by atoms with Gasteiger partial charge in [0.15, 0.2) is 0 Å². The Balaban J connectivity index is 1.38. The first kappa shape index (κ1) is 18.3. The van der Waals surface area contributed by atoms with Gasteiger partial charge in [0.2, 0.25) is 17.7 Å². The van der Waals surface area contributed by atoms with E-state index in [1.807, 2.05) is 0 Å². The van der Waals surface area contributed by atoms with Gasteiger partial charge in [-0.2, -0.15) is 0 Å². The summed E-state index contributed by atoms with van der Waals surface area (Å²) < 4.78 is 0. The van der Waals surface area contributed by atoms with E-state index in [0.717, 1.165) is 24.4 Å². The third kappa shape index (κ3) is 4.79. The van der Waals surface area contributed by atoms with E-state index in [-0.39, 0.29) is 43.2 Å². The zero-order chi connectivity index (χ0) is 17.8. The molecule has 2 aliphatic heterocycles. The molecule has 25 heavy (non-hydrogen) atoms. The molecule has 0 bridgehead atoms. The molecule has 2 heterocycles. The van der Waals surface area contributed by atoms with Crippen molar-refractivity contribution in [3.05, 3.63) is 0 Å². The number of hydrogen-bond acceptors (Lipinski definition) is 5. The van der Waals surface area contributed by atoms with Crippen LogP contribution in [0.1, 0.15) is 44.9 Å². The van der Waals surface area contributed by atoms with Crippen LogP contribution in [-0.2, 0) is 14.4 Å². The monoisotopic (exact) mass is 351 g/mol. The Morgan fingerprint density at radius 3 is 2.24 bits per heavy atom. The van der Waals surface area contributed by atoms with E-state index >= 15 is 0 Å². The zero-order valence-corrected chi connectivity index (χ0v) is 14.9. The maximum Gasteiger partial charge on any atom is 0.242 e. The van der Waals surface area contributed by atoms with Gasteiger partial charge in [-0.1, -0.05) is 25.7 Å². The molecular weight excluding hydrogens is 322 g/mol. The molecule has 1 unspecified atom stereocenters. The molecule has 0 spiro atoms. The van der Waals surface area contributed by atoms with Crippen molar-refractivity contribution in [2.75, 3.05) is 39.3 Å². The number of nitrogens with zero attached hydrogens (tertiary/aromatic N) is 3. The lowest BCUT2D eigenvalue weighted by Gasteiger charge is -2.36. The SMILES string of the molecule is O=C(CN1C(=O)CCC1=O)N1CCN(CC(O)CC2CCCC2)CC1. The lowest BCUT2D eigenvalue weighted by molar-refractivity contribution is -0.146. The van der Waals surface area contributed by atoms with E-state index in [9.17, 15) is 19.5 Å². The van der Waals surface area contributed by atoms with E-state index in [0.29, 0.717) is 25.6 Å². The van der Waals surface area contributed by atoms with Crippen LogP contribution >= 0.6 is 0 Å². The molecule has 0 radical (unpaired) electrons. The van der Waals surface area contributed by atoms with Crippen LogP contribution in [0.25, 0.3) is 0 Å². The number of hydrogen-bond donors (Lipinski definition) is 1. The third-order valence-electron chi connectivity index (χ3n) is 5.72. The smallest absolute Gasteiger partial charge is 0.242 e. The number of likely N-dealkylation sites (tertiary alicyclic amines) is 1. The first-order valence-corrected chi connectivity index (χ1v) is 9.54. The number of imide groups is 1. The van der Waals surface area contributed by atoms with Crippen LogP contribution in [0.2, 0.25) is 0 Å². The van der Waals surface area contributed by atoms with Gasteiger partial charge >= 0.3 is 0 Å². The van der Waals surface area contributed by atoms with Crippen LogP contribution in [0.3, 0.4) is 0 Å². The maximum absolute atomic E-state index is 12.3. The Morgan fingerprint density at radius 2 is 1.64 bits per heavy atom. The Bertz CT molecular complexity index is 494. The topological polar surface area (TPSA) is 81.2 Å². The van der Waals surface area contributed by atoms with Crippen molar-refractivity contribution in [1.29, 1.82) is 0 Å². The lowest BCUT2D eigenvalue weighted by atomic mass is 10.00. The number of aliphatic hydroxyl groups excluding tert-OH is 1. The van der Waals surface area contributed by atoms with Gasteiger partial charge in [0.25, 0.3) is 0 Å². The second-order valence-electron chi connectivity index (χ2n) is 7.60. The quantitative estimate of drug-likeness (QED) is 0.693. The summed E-state index contributed by atoms with van der Waals surface area (Å²) in [6, 6.07) is 0. The molecule has 3 amide bonds. The van der Waals surface area contributed by atoms with E-state index in [4.69, 9.17) is 0 Å². The van der Waals surface area contributed by atoms with Crippen LogP contribution in [0.5, 0.6) is 0 Å². The van der Waals surface area contributed by atoms with Crippen molar-refractivity contribution in [1.82, 2.24) is 14.7 Å². The Morgan fingerprint density at radius 1 is 1.04 bits per heavy atom. The summed E-state index contributed by atoms with van der Waals surface area (Å²) in [6.45, 7) is 3.19. The molecule has 140 valence electrons. The molecule has 3 aliphatic rings. The number of carbonyl (C=O) groups excluding carboxylic acids is 3. The van der Waals surface area contributed by atoms with Crippen molar-refractivity contribution in [2.45, 2.75) is 51.0 Å². The number of piperazine rings is 1. The van der Waals surface area contributed by atoms with Crippen molar-refractivity contribution >= 4 is 17.7 Å². The first-order chi connectivity index (χ1) is 12.0. The van der Waals surface area contributed by atoms with Gasteiger partial charge in [-0.05, 0) is 12.3 Å². The number of aliphatic hydroxyl groups is 1. The van der Waals surface area contributed by atoms with Crippen molar-refractivity contribution in [2.24, 2.45) is 5.92 Å². The minimum absolute atomic E-state index is 0.123. The number of rotatable bonds is 6. The fourth-order valence-corrected chi connectivity index (χ4v) is 4.22. The molecule has 7 nitrogen and oxygen atoms in total. The number of carbonyl (C=O) groups is 3. The van der Waals surface area contributed by atoms with Gasteiger partial charge in [0.1, 0.15) is 6.54 Å². The molecule has 2 saturated heterocycles. The maximum atomic E-state index is 12.3. The van der Waals surface area contributed by atoms with Crippen LogP contribution in [0.4, 0.5) is 0 Å². The fraction of sp³-hybridized carbons (Fsp3) is 0.833. The number of amides is 3. The molecule has 7 heteroatoms. The van der Waals surface area contributed by atoms with E-state index < -0.39 is 0 Å². The molecule has 1 aliphatic carbocycles. The molecule has 1 saturated carbocycles. The molecule has 0 aromatic heterocycles. The van der Waals surface area contributed by atoms with Gasteiger partial charge < -0.3 is 10.0 Å². The van der Waals surface area contributed by atoms with Gasteiger partial charge in [-0.25, -0.2) is 0 Å². The molecule has 3 rings (SSSR count). The summed E-state index contributed by atoms with van der Waals surface area (Å²) in [6.07, 6.45) is 6.11. The Labute approximate surface area is 148 Å². The molecule has 1 N–H and O–H groups in total. The van der Waals surface area contributed by atoms with Crippen molar-refractivity contribution < 1.29 is 19.5 Å². The van der Waals surface area contributed by atoms with Gasteiger partial charge in [0.05, 0.1) is 6.10 Å². The van der Waals surface area contributed by atoms with Gasteiger partial charge in [-0.15, -0.1) is 0 Å². The second-order valence-corrected chi connectivity index (χ2v) is 7.60. The average Bonchev–Trinajstić information content (AvgIpc) is 3.20. The Kier molecular flexibility index (Phi) is 6.06. The van der Waals surface area contributed by atoms with Gasteiger partial charge in [0, 0.05) is 45.6 Å². The largest absolute Gasteiger partial charge is 0.392 e. The van der Waals surface area contributed by atoms with E-state index in [1.54, 1.807) is 4.90 Å². The standard InChI is InChI=1S/C18H29N3O4/c22-15(11-14-3-1-2-4-14)12-19-7-9-20(10-8-19)18(25)13-21-16(23)5-6-17(21)24/h14-15,22H,1-13H2. The van der Waals surface area contributed by atoms with Gasteiger partial charge in [-0.3, -0.25) is 24.2 Å². The van der Waals surface area contributed by atoms with E-state index in [1.165, 1.54) is 25.7 Å². The minimum Gasteiger partial charge on any atom is -0.392 e. The highest BCUT2D eigenvalue weighted by Crippen LogP contribution is 2.28. The minimum atomic E-state index is -0.287. The third-order valence-corrected chi connectivity index (χ3v) is 5.72.